The fraction of sp³-hybridized carbons (Fsp3) is 0.360. The molecule has 9 heteroatoms. The first-order valence-corrected chi connectivity index (χ1v) is 13.3. The molecule has 7 nitrogen and oxygen atoms in total. The first kappa shape index (κ1) is 24.4. The van der Waals surface area contributed by atoms with Crippen molar-refractivity contribution in [2.75, 3.05) is 37.2 Å². The van der Waals surface area contributed by atoms with Gasteiger partial charge in [-0.3, -0.25) is 14.5 Å². The molecule has 0 unspecified atom stereocenters. The van der Waals surface area contributed by atoms with E-state index in [0.717, 1.165) is 19.5 Å². The van der Waals surface area contributed by atoms with Crippen molar-refractivity contribution in [2.24, 2.45) is 0 Å². The number of thioether (sulfide) groups is 1. The number of nitrogens with zero attached hydrogens (tertiary/aromatic N) is 4. The summed E-state index contributed by atoms with van der Waals surface area (Å²) in [6, 6.07) is 21.3. The molecule has 0 radical (unpaired) electrons. The number of hydrogen-bond donors (Lipinski definition) is 1. The zero-order valence-electron chi connectivity index (χ0n) is 19.2. The Balaban J connectivity index is 1.31. The second-order valence-electron chi connectivity index (χ2n) is 8.10. The predicted octanol–water partition coefficient (Wildman–Crippen LogP) is 4.30. The van der Waals surface area contributed by atoms with Gasteiger partial charge in [0.25, 0.3) is 0 Å². The lowest BCUT2D eigenvalue weighted by Gasteiger charge is -2.39. The van der Waals surface area contributed by atoms with Gasteiger partial charge in [-0.25, -0.2) is 0 Å². The second kappa shape index (κ2) is 12.1. The maximum atomic E-state index is 12.8. The third-order valence-electron chi connectivity index (χ3n) is 5.71. The van der Waals surface area contributed by atoms with Gasteiger partial charge in [0.1, 0.15) is 0 Å². The number of piperazine rings is 1. The van der Waals surface area contributed by atoms with Gasteiger partial charge in [0.05, 0.1) is 11.8 Å². The largest absolute Gasteiger partial charge is 0.339 e. The number of benzene rings is 2. The number of nitrogens with one attached hydrogen (secondary N) is 1. The quantitative estimate of drug-likeness (QED) is 0.352. The molecule has 3 aromatic rings. The number of anilines is 1. The first-order valence-electron chi connectivity index (χ1n) is 11.5. The van der Waals surface area contributed by atoms with Gasteiger partial charge < -0.3 is 10.2 Å². The Morgan fingerprint density at radius 1 is 0.971 bits per heavy atom. The van der Waals surface area contributed by atoms with Gasteiger partial charge in [-0.1, -0.05) is 90.7 Å². The smallest absolute Gasteiger partial charge is 0.233 e. The van der Waals surface area contributed by atoms with Crippen LogP contribution in [0.3, 0.4) is 0 Å². The van der Waals surface area contributed by atoms with E-state index in [2.05, 4.69) is 68.9 Å². The predicted molar refractivity (Wildman–Crippen MR) is 137 cm³/mol. The molecule has 4 rings (SSSR count). The van der Waals surface area contributed by atoms with E-state index >= 15 is 0 Å². The maximum absolute atomic E-state index is 12.8. The Morgan fingerprint density at radius 2 is 1.59 bits per heavy atom. The molecule has 178 valence electrons. The van der Waals surface area contributed by atoms with Crippen molar-refractivity contribution in [1.29, 1.82) is 0 Å². The number of aromatic nitrogens is 2. The average molecular weight is 496 g/mol. The molecule has 1 aromatic heterocycles. The number of rotatable bonds is 9. The molecule has 34 heavy (non-hydrogen) atoms. The Hall–Kier alpha value is -2.75. The summed E-state index contributed by atoms with van der Waals surface area (Å²) in [7, 11) is 0. The molecule has 0 spiro atoms. The molecule has 2 amide bonds. The molecule has 0 aliphatic carbocycles. The Kier molecular flexibility index (Phi) is 8.67. The van der Waals surface area contributed by atoms with E-state index in [0.29, 0.717) is 34.7 Å². The van der Waals surface area contributed by atoms with E-state index in [-0.39, 0.29) is 17.9 Å². The summed E-state index contributed by atoms with van der Waals surface area (Å²) in [5.74, 6) is 0.360. The van der Waals surface area contributed by atoms with Crippen LogP contribution in [0, 0.1) is 0 Å². The van der Waals surface area contributed by atoms with E-state index in [1.807, 2.05) is 24.0 Å². The molecule has 1 aliphatic heterocycles. The molecule has 1 fully saturated rings. The monoisotopic (exact) mass is 495 g/mol. The van der Waals surface area contributed by atoms with Crippen LogP contribution >= 0.6 is 23.1 Å². The van der Waals surface area contributed by atoms with Gasteiger partial charge in [-0.05, 0) is 17.5 Å². The minimum Gasteiger partial charge on any atom is -0.339 e. The van der Waals surface area contributed by atoms with Crippen LogP contribution in [0.25, 0.3) is 0 Å². The van der Waals surface area contributed by atoms with Crippen LogP contribution in [-0.2, 0) is 9.59 Å². The van der Waals surface area contributed by atoms with Gasteiger partial charge in [-0.2, -0.15) is 0 Å². The summed E-state index contributed by atoms with van der Waals surface area (Å²) in [6.45, 7) is 4.98. The Morgan fingerprint density at radius 3 is 2.18 bits per heavy atom. The van der Waals surface area contributed by atoms with E-state index in [1.165, 1.54) is 34.2 Å². The van der Waals surface area contributed by atoms with Crippen LogP contribution in [0.1, 0.15) is 36.9 Å². The number of carbonyl (C=O) groups is 2. The molecule has 0 saturated carbocycles. The van der Waals surface area contributed by atoms with Gasteiger partial charge in [0.15, 0.2) is 4.34 Å². The molecular weight excluding hydrogens is 466 g/mol. The third kappa shape index (κ3) is 6.43. The average Bonchev–Trinajstić information content (AvgIpc) is 3.32. The highest BCUT2D eigenvalue weighted by Gasteiger charge is 2.28. The summed E-state index contributed by atoms with van der Waals surface area (Å²) >= 11 is 2.68. The van der Waals surface area contributed by atoms with Crippen molar-refractivity contribution < 1.29 is 9.59 Å². The van der Waals surface area contributed by atoms with E-state index in [9.17, 15) is 9.59 Å². The van der Waals surface area contributed by atoms with Crippen LogP contribution in [0.15, 0.2) is 65.0 Å². The van der Waals surface area contributed by atoms with Crippen molar-refractivity contribution >= 4 is 40.0 Å². The minimum absolute atomic E-state index is 0.0616. The number of amides is 2. The number of carbonyl (C=O) groups excluding carboxylic acids is 2. The van der Waals surface area contributed by atoms with Crippen molar-refractivity contribution in [3.8, 4) is 0 Å². The highest BCUT2D eigenvalue weighted by atomic mass is 32.2. The SMILES string of the molecule is CCCC(=O)Nc1nnc(SCC(=O)N2CCN(C(c3ccccc3)c3ccccc3)CC2)s1. The molecule has 0 atom stereocenters. The Bertz CT molecular complexity index is 1030. The molecule has 1 N–H and O–H groups in total. The van der Waals surface area contributed by atoms with Crippen LogP contribution in [0.5, 0.6) is 0 Å². The lowest BCUT2D eigenvalue weighted by molar-refractivity contribution is -0.130. The molecule has 1 aliphatic rings. The van der Waals surface area contributed by atoms with E-state index in [1.54, 1.807) is 0 Å². The van der Waals surface area contributed by atoms with Crippen LogP contribution < -0.4 is 5.32 Å². The summed E-state index contributed by atoms with van der Waals surface area (Å²) < 4.78 is 0.687. The molecular formula is C25H29N5O2S2. The summed E-state index contributed by atoms with van der Waals surface area (Å²) in [5, 5.41) is 11.3. The zero-order valence-corrected chi connectivity index (χ0v) is 20.9. The Labute approximate surface area is 208 Å². The lowest BCUT2D eigenvalue weighted by Crippen LogP contribution is -2.50. The van der Waals surface area contributed by atoms with Gasteiger partial charge in [0.2, 0.25) is 16.9 Å². The van der Waals surface area contributed by atoms with Crippen molar-refractivity contribution in [2.45, 2.75) is 30.1 Å². The van der Waals surface area contributed by atoms with Crippen molar-refractivity contribution in [1.82, 2.24) is 20.0 Å². The van der Waals surface area contributed by atoms with E-state index < -0.39 is 0 Å². The van der Waals surface area contributed by atoms with Crippen molar-refractivity contribution in [3.63, 3.8) is 0 Å². The summed E-state index contributed by atoms with van der Waals surface area (Å²) in [4.78, 5) is 28.9. The van der Waals surface area contributed by atoms with Gasteiger partial charge >= 0.3 is 0 Å². The number of hydrogen-bond acceptors (Lipinski definition) is 7. The topological polar surface area (TPSA) is 78.4 Å². The van der Waals surface area contributed by atoms with Gasteiger partial charge in [-0.15, -0.1) is 10.2 Å². The van der Waals surface area contributed by atoms with Crippen LogP contribution in [0.2, 0.25) is 0 Å². The van der Waals surface area contributed by atoms with Crippen LogP contribution in [0.4, 0.5) is 5.13 Å². The molecule has 2 aromatic carbocycles. The maximum Gasteiger partial charge on any atom is 0.233 e. The lowest BCUT2D eigenvalue weighted by atomic mass is 9.96. The third-order valence-corrected chi connectivity index (χ3v) is 7.67. The highest BCUT2D eigenvalue weighted by Crippen LogP contribution is 2.30. The minimum atomic E-state index is -0.0616. The standard InChI is InChI=1S/C25H29N5O2S2/c1-2-9-21(31)26-24-27-28-25(34-24)33-18-22(32)29-14-16-30(17-15-29)23(19-10-5-3-6-11-19)20-12-7-4-8-13-20/h3-8,10-13,23H,2,9,14-18H2,1H3,(H,26,27,31). The van der Waals surface area contributed by atoms with Crippen LogP contribution in [-0.4, -0.2) is 63.7 Å². The molecule has 1 saturated heterocycles. The summed E-state index contributed by atoms with van der Waals surface area (Å²) in [6.07, 6.45) is 1.24. The van der Waals surface area contributed by atoms with Crippen molar-refractivity contribution in [3.05, 3.63) is 71.8 Å². The highest BCUT2D eigenvalue weighted by molar-refractivity contribution is 8.01. The summed E-state index contributed by atoms with van der Waals surface area (Å²) in [5.41, 5.74) is 2.53. The fourth-order valence-electron chi connectivity index (χ4n) is 4.06. The molecule has 0 bridgehead atoms. The normalized spacial score (nSPS) is 14.4. The van der Waals surface area contributed by atoms with Gasteiger partial charge in [0, 0.05) is 32.6 Å². The second-order valence-corrected chi connectivity index (χ2v) is 10.3. The first-order chi connectivity index (χ1) is 16.6. The van der Waals surface area contributed by atoms with E-state index in [4.69, 9.17) is 0 Å². The zero-order chi connectivity index (χ0) is 23.8. The fourth-order valence-corrected chi connectivity index (χ4v) is 5.73. The molecule has 2 heterocycles.